The monoisotopic (exact) mass is 440 g/mol. The zero-order valence-corrected chi connectivity index (χ0v) is 16.0. The summed E-state index contributed by atoms with van der Waals surface area (Å²) in [6.07, 6.45) is -1.66. The highest BCUT2D eigenvalue weighted by Gasteiger charge is 2.30. The van der Waals surface area contributed by atoms with Gasteiger partial charge >= 0.3 is 6.18 Å². The van der Waals surface area contributed by atoms with E-state index in [1.54, 1.807) is 6.07 Å². The van der Waals surface area contributed by atoms with E-state index in [-0.39, 0.29) is 28.6 Å². The number of amides is 1. The first-order valence-corrected chi connectivity index (χ1v) is 8.99. The second-order valence-electron chi connectivity index (χ2n) is 6.37. The fraction of sp³-hybridized carbons (Fsp3) is 0.211. The van der Waals surface area contributed by atoms with Crippen molar-refractivity contribution in [2.24, 2.45) is 0 Å². The van der Waals surface area contributed by atoms with Gasteiger partial charge in [-0.15, -0.1) is 0 Å². The van der Waals surface area contributed by atoms with E-state index in [2.05, 4.69) is 15.3 Å². The van der Waals surface area contributed by atoms with Crippen molar-refractivity contribution in [1.82, 2.24) is 14.5 Å². The highest BCUT2D eigenvalue weighted by atomic mass is 35.5. The Morgan fingerprint density at radius 3 is 2.70 bits per heavy atom. The molecule has 0 radical (unpaired) electrons. The summed E-state index contributed by atoms with van der Waals surface area (Å²) >= 11 is 5.98. The number of anilines is 1. The molecule has 158 valence electrons. The average molecular weight is 441 g/mol. The molecule has 0 saturated carbocycles. The van der Waals surface area contributed by atoms with E-state index >= 15 is 0 Å². The first-order chi connectivity index (χ1) is 14.2. The number of hydrogen-bond acceptors (Lipinski definition) is 5. The molecule has 0 spiro atoms. The Hall–Kier alpha value is -2.95. The van der Waals surface area contributed by atoms with Crippen molar-refractivity contribution in [3.8, 4) is 0 Å². The molecular formula is C19H16ClF3N4O3. The predicted octanol–water partition coefficient (Wildman–Crippen LogP) is 3.28. The van der Waals surface area contributed by atoms with Crippen LogP contribution in [0.25, 0.3) is 0 Å². The van der Waals surface area contributed by atoms with Crippen molar-refractivity contribution in [3.63, 3.8) is 0 Å². The van der Waals surface area contributed by atoms with E-state index in [1.165, 1.54) is 35.4 Å². The van der Waals surface area contributed by atoms with Gasteiger partial charge in [0, 0.05) is 18.9 Å². The molecule has 2 heterocycles. The molecule has 1 amide bonds. The third-order valence-corrected chi connectivity index (χ3v) is 4.42. The van der Waals surface area contributed by atoms with Crippen molar-refractivity contribution in [2.75, 3.05) is 11.9 Å². The molecule has 0 fully saturated rings. The normalized spacial score (nSPS) is 12.6. The number of nitrogens with one attached hydrogen (secondary N) is 1. The number of carbonyl (C=O) groups excluding carboxylic acids is 1. The van der Waals surface area contributed by atoms with Gasteiger partial charge in [-0.05, 0) is 23.8 Å². The minimum Gasteiger partial charge on any atom is -0.393 e. The molecule has 3 N–H and O–H groups in total. The van der Waals surface area contributed by atoms with E-state index < -0.39 is 30.4 Å². The molecule has 11 heteroatoms. The van der Waals surface area contributed by atoms with Crippen LogP contribution < -0.4 is 5.32 Å². The third kappa shape index (κ3) is 5.15. The summed E-state index contributed by atoms with van der Waals surface area (Å²) in [5, 5.41) is 21.1. The van der Waals surface area contributed by atoms with Gasteiger partial charge in [0.15, 0.2) is 5.82 Å². The Morgan fingerprint density at radius 1 is 1.27 bits per heavy atom. The molecule has 0 aliphatic heterocycles. The minimum atomic E-state index is -4.43. The number of carbonyl (C=O) groups is 1. The summed E-state index contributed by atoms with van der Waals surface area (Å²) in [7, 11) is 0. The first kappa shape index (κ1) is 21.8. The lowest BCUT2D eigenvalue weighted by atomic mass is 10.1. The fourth-order valence-corrected chi connectivity index (χ4v) is 2.95. The van der Waals surface area contributed by atoms with Gasteiger partial charge in [0.25, 0.3) is 5.91 Å². The van der Waals surface area contributed by atoms with E-state index in [0.29, 0.717) is 5.56 Å². The van der Waals surface area contributed by atoms with Crippen LogP contribution in [0.15, 0.2) is 49.1 Å². The summed E-state index contributed by atoms with van der Waals surface area (Å²) in [5.41, 5.74) is -0.177. The van der Waals surface area contributed by atoms with Gasteiger partial charge in [-0.25, -0.2) is 4.98 Å². The maximum Gasteiger partial charge on any atom is 0.416 e. The number of alkyl halides is 3. The summed E-state index contributed by atoms with van der Waals surface area (Å²) < 4.78 is 40.0. The van der Waals surface area contributed by atoms with Crippen LogP contribution in [0, 0.1) is 0 Å². The average Bonchev–Trinajstić information content (AvgIpc) is 3.13. The fourth-order valence-electron chi connectivity index (χ4n) is 2.66. The number of hydrogen-bond donors (Lipinski definition) is 3. The number of rotatable bonds is 6. The Kier molecular flexibility index (Phi) is 6.40. The van der Waals surface area contributed by atoms with Gasteiger partial charge in [0.05, 0.1) is 34.8 Å². The number of halogens is 4. The Labute approximate surface area is 173 Å². The molecule has 3 aromatic rings. The number of aliphatic hydroxyl groups is 2. The lowest BCUT2D eigenvalue weighted by molar-refractivity contribution is -0.137. The molecule has 3 rings (SSSR count). The maximum atomic E-state index is 12.8. The van der Waals surface area contributed by atoms with Gasteiger partial charge in [-0.1, -0.05) is 23.7 Å². The zero-order chi connectivity index (χ0) is 21.9. The van der Waals surface area contributed by atoms with Crippen LogP contribution in [0.2, 0.25) is 5.02 Å². The second-order valence-corrected chi connectivity index (χ2v) is 6.78. The zero-order valence-electron chi connectivity index (χ0n) is 15.3. The van der Waals surface area contributed by atoms with Crippen molar-refractivity contribution < 1.29 is 28.2 Å². The molecule has 0 bridgehead atoms. The predicted molar refractivity (Wildman–Crippen MR) is 102 cm³/mol. The van der Waals surface area contributed by atoms with Crippen molar-refractivity contribution in [3.05, 3.63) is 76.5 Å². The van der Waals surface area contributed by atoms with E-state index in [0.717, 1.165) is 12.1 Å². The van der Waals surface area contributed by atoms with Crippen LogP contribution in [0.1, 0.15) is 33.3 Å². The number of nitrogens with zero attached hydrogens (tertiary/aromatic N) is 3. The molecule has 0 saturated heterocycles. The lowest BCUT2D eigenvalue weighted by Crippen LogP contribution is -2.14. The smallest absolute Gasteiger partial charge is 0.393 e. The van der Waals surface area contributed by atoms with Crippen LogP contribution in [0.4, 0.5) is 19.0 Å². The van der Waals surface area contributed by atoms with Crippen LogP contribution in [0.3, 0.4) is 0 Å². The molecule has 30 heavy (non-hydrogen) atoms. The van der Waals surface area contributed by atoms with E-state index in [9.17, 15) is 23.1 Å². The SMILES string of the molecule is O=C(Nc1cn(Cc2cccc(C(F)(F)F)c2)cn1)c1cnc(C(O)CO)c(Cl)c1. The number of aliphatic hydroxyl groups excluding tert-OH is 2. The number of pyridine rings is 1. The van der Waals surface area contributed by atoms with Gasteiger partial charge < -0.3 is 20.1 Å². The molecule has 1 unspecified atom stereocenters. The Bertz CT molecular complexity index is 1060. The number of aromatic nitrogens is 3. The van der Waals surface area contributed by atoms with Crippen LogP contribution in [-0.4, -0.2) is 37.3 Å². The van der Waals surface area contributed by atoms with Gasteiger partial charge in [0.1, 0.15) is 6.10 Å². The molecule has 1 atom stereocenters. The van der Waals surface area contributed by atoms with Gasteiger partial charge in [0.2, 0.25) is 0 Å². The number of imidazole rings is 1. The summed E-state index contributed by atoms with van der Waals surface area (Å²) in [4.78, 5) is 20.2. The molecule has 2 aromatic heterocycles. The highest BCUT2D eigenvalue weighted by Crippen LogP contribution is 2.29. The molecule has 1 aromatic carbocycles. The van der Waals surface area contributed by atoms with Crippen molar-refractivity contribution >= 4 is 23.3 Å². The standard InChI is InChI=1S/C19H16ClF3N4O3/c20-14-5-12(6-24-17(14)15(29)9-28)18(30)26-16-8-27(10-25-16)7-11-2-1-3-13(4-11)19(21,22)23/h1-6,8,10,15,28-29H,7,9H2,(H,26,30). The molecule has 7 nitrogen and oxygen atoms in total. The van der Waals surface area contributed by atoms with E-state index in [4.69, 9.17) is 16.7 Å². The Morgan fingerprint density at radius 2 is 2.03 bits per heavy atom. The maximum absolute atomic E-state index is 12.8. The lowest BCUT2D eigenvalue weighted by Gasteiger charge is -2.10. The largest absolute Gasteiger partial charge is 0.416 e. The van der Waals surface area contributed by atoms with Gasteiger partial charge in [-0.3, -0.25) is 9.78 Å². The first-order valence-electron chi connectivity index (χ1n) is 8.61. The molecule has 0 aliphatic carbocycles. The van der Waals surface area contributed by atoms with Crippen LogP contribution >= 0.6 is 11.6 Å². The second kappa shape index (κ2) is 8.82. The third-order valence-electron chi connectivity index (χ3n) is 4.11. The van der Waals surface area contributed by atoms with E-state index in [1.807, 2.05) is 0 Å². The summed E-state index contributed by atoms with van der Waals surface area (Å²) in [6, 6.07) is 6.22. The highest BCUT2D eigenvalue weighted by molar-refractivity contribution is 6.31. The summed E-state index contributed by atoms with van der Waals surface area (Å²) in [6.45, 7) is -0.435. The minimum absolute atomic E-state index is 0.0132. The quantitative estimate of drug-likeness (QED) is 0.546. The van der Waals surface area contributed by atoms with Crippen molar-refractivity contribution in [1.29, 1.82) is 0 Å². The number of benzene rings is 1. The van der Waals surface area contributed by atoms with Crippen molar-refractivity contribution in [2.45, 2.75) is 18.8 Å². The van der Waals surface area contributed by atoms with Crippen LogP contribution in [0.5, 0.6) is 0 Å². The Balaban J connectivity index is 1.68. The van der Waals surface area contributed by atoms with Crippen LogP contribution in [-0.2, 0) is 12.7 Å². The molecular weight excluding hydrogens is 425 g/mol. The van der Waals surface area contributed by atoms with Gasteiger partial charge in [-0.2, -0.15) is 13.2 Å². The summed E-state index contributed by atoms with van der Waals surface area (Å²) in [5.74, 6) is -0.388. The molecule has 0 aliphatic rings. The topological polar surface area (TPSA) is 100 Å².